The van der Waals surface area contributed by atoms with Crippen molar-refractivity contribution >= 4 is 16.9 Å². The van der Waals surface area contributed by atoms with Gasteiger partial charge >= 0.3 is 0 Å². The van der Waals surface area contributed by atoms with Crippen LogP contribution in [0.1, 0.15) is 5.69 Å². The molecule has 0 fully saturated rings. The highest BCUT2D eigenvalue weighted by Crippen LogP contribution is 2.19. The fourth-order valence-electron chi connectivity index (χ4n) is 2.32. The molecule has 1 aromatic carbocycles. The first-order valence-electron chi connectivity index (χ1n) is 7.93. The Balaban J connectivity index is 1.59. The van der Waals surface area contributed by atoms with E-state index in [4.69, 9.17) is 9.47 Å². The number of benzene rings is 1. The number of methoxy groups -OCH3 is 1. The van der Waals surface area contributed by atoms with Crippen LogP contribution in [0, 0.1) is 6.92 Å². The summed E-state index contributed by atoms with van der Waals surface area (Å²) in [4.78, 5) is 12.8. The second-order valence-electron chi connectivity index (χ2n) is 5.57. The minimum atomic E-state index is -0.707. The molecule has 2 aromatic heterocycles. The number of aromatic nitrogens is 3. The van der Waals surface area contributed by atoms with Crippen LogP contribution < -0.4 is 14.8 Å². The van der Waals surface area contributed by atoms with Gasteiger partial charge in [-0.3, -0.25) is 0 Å². The van der Waals surface area contributed by atoms with Crippen LogP contribution in [0.5, 0.6) is 11.5 Å². The lowest BCUT2D eigenvalue weighted by molar-refractivity contribution is 0.117. The first-order valence-corrected chi connectivity index (χ1v) is 7.93. The maximum atomic E-state index is 10.1. The van der Waals surface area contributed by atoms with Crippen LogP contribution in [-0.4, -0.2) is 46.4 Å². The van der Waals surface area contributed by atoms with Crippen LogP contribution in [0.3, 0.4) is 0 Å². The number of rotatable bonds is 7. The zero-order chi connectivity index (χ0) is 17.6. The highest BCUT2D eigenvalue weighted by molar-refractivity contribution is 5.84. The van der Waals surface area contributed by atoms with E-state index in [1.807, 2.05) is 37.3 Å². The summed E-state index contributed by atoms with van der Waals surface area (Å²) >= 11 is 0. The molecule has 0 aliphatic heterocycles. The molecule has 0 aliphatic carbocycles. The Bertz CT molecular complexity index is 857. The van der Waals surface area contributed by atoms with Crippen LogP contribution in [0.4, 0.5) is 5.82 Å². The Hall–Kier alpha value is -2.93. The summed E-state index contributed by atoms with van der Waals surface area (Å²) in [6, 6.07) is 11.0. The van der Waals surface area contributed by atoms with E-state index in [1.165, 1.54) is 6.33 Å². The standard InChI is InChI=1S/C18H20N4O3/c1-12-6-7-16-17(22-12)18(21-11-20-16)19-9-13(23)10-25-15-5-3-4-14(8-15)24-2/h3-8,11,13,23H,9-10H2,1-2H3,(H,19,20,21). The molecule has 0 amide bonds. The summed E-state index contributed by atoms with van der Waals surface area (Å²) in [5.74, 6) is 1.94. The molecule has 0 bridgehead atoms. The lowest BCUT2D eigenvalue weighted by Crippen LogP contribution is -2.26. The molecular formula is C18H20N4O3. The molecule has 7 heteroatoms. The first kappa shape index (κ1) is 16.9. The quantitative estimate of drug-likeness (QED) is 0.681. The normalized spacial score (nSPS) is 12.0. The minimum Gasteiger partial charge on any atom is -0.497 e. The monoisotopic (exact) mass is 340 g/mol. The van der Waals surface area contributed by atoms with Crippen LogP contribution in [0.25, 0.3) is 11.0 Å². The highest BCUT2D eigenvalue weighted by atomic mass is 16.5. The van der Waals surface area contributed by atoms with Crippen molar-refractivity contribution < 1.29 is 14.6 Å². The maximum absolute atomic E-state index is 10.1. The van der Waals surface area contributed by atoms with E-state index in [1.54, 1.807) is 13.2 Å². The third-order valence-corrected chi connectivity index (χ3v) is 3.61. The van der Waals surface area contributed by atoms with Gasteiger partial charge in [0.05, 0.1) is 12.6 Å². The van der Waals surface area contributed by atoms with E-state index < -0.39 is 6.10 Å². The Kier molecular flexibility index (Phi) is 5.25. The van der Waals surface area contributed by atoms with Crippen molar-refractivity contribution in [2.75, 3.05) is 25.6 Å². The SMILES string of the molecule is COc1cccc(OCC(O)CNc2ncnc3ccc(C)nc23)c1. The smallest absolute Gasteiger partial charge is 0.156 e. The van der Waals surface area contributed by atoms with Crippen molar-refractivity contribution in [2.24, 2.45) is 0 Å². The van der Waals surface area contributed by atoms with Crippen LogP contribution in [0.2, 0.25) is 0 Å². The number of aliphatic hydroxyl groups excluding tert-OH is 1. The number of hydrogen-bond acceptors (Lipinski definition) is 7. The van der Waals surface area contributed by atoms with E-state index in [2.05, 4.69) is 20.3 Å². The van der Waals surface area contributed by atoms with Gasteiger partial charge in [-0.15, -0.1) is 0 Å². The highest BCUT2D eigenvalue weighted by Gasteiger charge is 2.09. The van der Waals surface area contributed by atoms with Gasteiger partial charge in [0, 0.05) is 18.3 Å². The maximum Gasteiger partial charge on any atom is 0.156 e. The van der Waals surface area contributed by atoms with E-state index >= 15 is 0 Å². The van der Waals surface area contributed by atoms with E-state index in [-0.39, 0.29) is 13.2 Å². The Morgan fingerprint density at radius 1 is 1.16 bits per heavy atom. The summed E-state index contributed by atoms with van der Waals surface area (Å²) in [7, 11) is 1.60. The number of hydrogen-bond donors (Lipinski definition) is 2. The number of aryl methyl sites for hydroxylation is 1. The fourth-order valence-corrected chi connectivity index (χ4v) is 2.32. The molecule has 2 heterocycles. The summed E-state index contributed by atoms with van der Waals surface area (Å²) in [5, 5.41) is 13.2. The summed E-state index contributed by atoms with van der Waals surface area (Å²) in [5.41, 5.74) is 2.32. The molecule has 1 atom stereocenters. The van der Waals surface area contributed by atoms with Gasteiger partial charge < -0.3 is 19.9 Å². The molecule has 3 aromatic rings. The molecule has 0 saturated heterocycles. The predicted molar refractivity (Wildman–Crippen MR) is 95.1 cm³/mol. The molecule has 25 heavy (non-hydrogen) atoms. The minimum absolute atomic E-state index is 0.148. The van der Waals surface area contributed by atoms with Crippen molar-refractivity contribution in [3.8, 4) is 11.5 Å². The second kappa shape index (κ2) is 7.76. The number of pyridine rings is 1. The van der Waals surface area contributed by atoms with Gasteiger partial charge in [-0.2, -0.15) is 0 Å². The average molecular weight is 340 g/mol. The van der Waals surface area contributed by atoms with E-state index in [0.717, 1.165) is 11.2 Å². The summed E-state index contributed by atoms with van der Waals surface area (Å²) in [6.45, 7) is 2.34. The topological polar surface area (TPSA) is 89.4 Å². The van der Waals surface area contributed by atoms with Crippen molar-refractivity contribution in [2.45, 2.75) is 13.0 Å². The lowest BCUT2D eigenvalue weighted by atomic mass is 10.3. The van der Waals surface area contributed by atoms with E-state index in [0.29, 0.717) is 22.8 Å². The lowest BCUT2D eigenvalue weighted by Gasteiger charge is -2.14. The van der Waals surface area contributed by atoms with Gasteiger partial charge in [-0.05, 0) is 31.2 Å². The van der Waals surface area contributed by atoms with Crippen LogP contribution in [-0.2, 0) is 0 Å². The number of aliphatic hydroxyl groups is 1. The zero-order valence-electron chi connectivity index (χ0n) is 14.1. The molecule has 0 saturated carbocycles. The number of nitrogens with one attached hydrogen (secondary N) is 1. The Morgan fingerprint density at radius 3 is 2.84 bits per heavy atom. The van der Waals surface area contributed by atoms with Gasteiger partial charge in [0.15, 0.2) is 5.82 Å². The first-order chi connectivity index (χ1) is 12.2. The van der Waals surface area contributed by atoms with Crippen molar-refractivity contribution in [3.05, 3.63) is 48.4 Å². The zero-order valence-corrected chi connectivity index (χ0v) is 14.1. The molecule has 2 N–H and O–H groups in total. The van der Waals surface area contributed by atoms with Gasteiger partial charge in [-0.1, -0.05) is 6.07 Å². The predicted octanol–water partition coefficient (Wildman–Crippen LogP) is 2.19. The molecule has 1 unspecified atom stereocenters. The third kappa shape index (κ3) is 4.33. The molecule has 0 radical (unpaired) electrons. The van der Waals surface area contributed by atoms with Gasteiger partial charge in [0.1, 0.15) is 36.1 Å². The fraction of sp³-hybridized carbons (Fsp3) is 0.278. The second-order valence-corrected chi connectivity index (χ2v) is 5.57. The van der Waals surface area contributed by atoms with Crippen LogP contribution in [0.15, 0.2) is 42.7 Å². The largest absolute Gasteiger partial charge is 0.497 e. The molecule has 0 aliphatic rings. The van der Waals surface area contributed by atoms with Gasteiger partial charge in [0.25, 0.3) is 0 Å². The van der Waals surface area contributed by atoms with Crippen molar-refractivity contribution in [3.63, 3.8) is 0 Å². The molecule has 130 valence electrons. The average Bonchev–Trinajstić information content (AvgIpc) is 2.64. The number of anilines is 1. The molecule has 7 nitrogen and oxygen atoms in total. The van der Waals surface area contributed by atoms with Crippen molar-refractivity contribution in [1.29, 1.82) is 0 Å². The molecule has 3 rings (SSSR count). The van der Waals surface area contributed by atoms with Gasteiger partial charge in [0.2, 0.25) is 0 Å². The van der Waals surface area contributed by atoms with Gasteiger partial charge in [-0.25, -0.2) is 15.0 Å². The number of nitrogens with zero attached hydrogens (tertiary/aromatic N) is 3. The summed E-state index contributed by atoms with van der Waals surface area (Å²) < 4.78 is 10.7. The molecular weight excluding hydrogens is 320 g/mol. The Labute approximate surface area is 145 Å². The van der Waals surface area contributed by atoms with Crippen LogP contribution >= 0.6 is 0 Å². The number of fused-ring (bicyclic) bond motifs is 1. The van der Waals surface area contributed by atoms with Crippen molar-refractivity contribution in [1.82, 2.24) is 15.0 Å². The van der Waals surface area contributed by atoms with E-state index in [9.17, 15) is 5.11 Å². The third-order valence-electron chi connectivity index (χ3n) is 3.61. The number of ether oxygens (including phenoxy) is 2. The summed E-state index contributed by atoms with van der Waals surface area (Å²) in [6.07, 6.45) is 0.766. The Morgan fingerprint density at radius 2 is 2.00 bits per heavy atom. The molecule has 0 spiro atoms.